The van der Waals surface area contributed by atoms with Crippen LogP contribution in [0.1, 0.15) is 54.7 Å². The van der Waals surface area contributed by atoms with E-state index in [1.807, 2.05) is 37.3 Å². The van der Waals surface area contributed by atoms with Crippen molar-refractivity contribution in [3.8, 4) is 0 Å². The van der Waals surface area contributed by atoms with Crippen molar-refractivity contribution in [2.24, 2.45) is 5.92 Å². The number of benzene rings is 1. The third-order valence-electron chi connectivity index (χ3n) is 5.04. The minimum atomic E-state index is -0.453. The number of methoxy groups -OCH3 is 1. The second kappa shape index (κ2) is 8.17. The molecule has 1 aliphatic carbocycles. The molecule has 1 fully saturated rings. The predicted octanol–water partition coefficient (Wildman–Crippen LogP) is 3.38. The van der Waals surface area contributed by atoms with Crippen LogP contribution in [0.25, 0.3) is 0 Å². The quantitative estimate of drug-likeness (QED) is 0.768. The highest BCUT2D eigenvalue weighted by atomic mass is 16.6. The Balaban J connectivity index is 1.76. The van der Waals surface area contributed by atoms with Crippen LogP contribution in [-0.4, -0.2) is 34.7 Å². The van der Waals surface area contributed by atoms with Crippen molar-refractivity contribution in [2.75, 3.05) is 7.11 Å². The summed E-state index contributed by atoms with van der Waals surface area (Å²) in [5, 5.41) is 0. The monoisotopic (exact) mass is 356 g/mol. The highest BCUT2D eigenvalue weighted by Crippen LogP contribution is 2.29. The van der Waals surface area contributed by atoms with Crippen LogP contribution in [0.4, 0.5) is 0 Å². The summed E-state index contributed by atoms with van der Waals surface area (Å²) in [6, 6.07) is 9.84. The highest BCUT2D eigenvalue weighted by molar-refractivity contribution is 5.88. The number of rotatable bonds is 5. The maximum atomic E-state index is 12.8. The number of hydrogen-bond donors (Lipinski definition) is 0. The van der Waals surface area contributed by atoms with Crippen molar-refractivity contribution in [1.29, 1.82) is 0 Å². The molecular formula is C20H24N2O4. The zero-order valence-corrected chi connectivity index (χ0v) is 15.1. The van der Waals surface area contributed by atoms with E-state index in [-0.39, 0.29) is 17.9 Å². The van der Waals surface area contributed by atoms with E-state index in [1.165, 1.54) is 13.3 Å². The lowest BCUT2D eigenvalue weighted by Crippen LogP contribution is -2.36. The van der Waals surface area contributed by atoms with Gasteiger partial charge in [-0.25, -0.2) is 9.78 Å². The number of esters is 2. The third-order valence-corrected chi connectivity index (χ3v) is 5.04. The molecule has 1 aromatic carbocycles. The Morgan fingerprint density at radius 2 is 1.92 bits per heavy atom. The maximum Gasteiger partial charge on any atom is 0.356 e. The molecule has 1 aromatic heterocycles. The summed E-state index contributed by atoms with van der Waals surface area (Å²) in [4.78, 5) is 28.8. The first-order valence-corrected chi connectivity index (χ1v) is 8.97. The molecule has 138 valence electrons. The summed E-state index contributed by atoms with van der Waals surface area (Å²) in [5.74, 6) is -1.15. The fourth-order valence-corrected chi connectivity index (χ4v) is 3.52. The minimum Gasteiger partial charge on any atom is -0.469 e. The maximum absolute atomic E-state index is 12.8. The van der Waals surface area contributed by atoms with Gasteiger partial charge in [-0.05, 0) is 31.7 Å². The number of nitrogens with zero attached hydrogens (tertiary/aromatic N) is 2. The molecule has 3 rings (SSSR count). The lowest BCUT2D eigenvalue weighted by atomic mass is 9.86. The van der Waals surface area contributed by atoms with Gasteiger partial charge in [0.25, 0.3) is 0 Å². The van der Waals surface area contributed by atoms with Crippen LogP contribution in [0.5, 0.6) is 0 Å². The van der Waals surface area contributed by atoms with Crippen LogP contribution >= 0.6 is 0 Å². The van der Waals surface area contributed by atoms with Gasteiger partial charge in [-0.2, -0.15) is 0 Å². The van der Waals surface area contributed by atoms with E-state index in [0.717, 1.165) is 18.4 Å². The summed E-state index contributed by atoms with van der Waals surface area (Å²) in [6.07, 6.45) is 5.93. The third kappa shape index (κ3) is 3.79. The number of carbonyl (C=O) groups is 2. The van der Waals surface area contributed by atoms with Gasteiger partial charge in [0.1, 0.15) is 11.8 Å². The molecule has 0 aliphatic heterocycles. The smallest absolute Gasteiger partial charge is 0.356 e. The van der Waals surface area contributed by atoms with Gasteiger partial charge in [-0.15, -0.1) is 0 Å². The molecule has 6 heteroatoms. The van der Waals surface area contributed by atoms with Gasteiger partial charge in [0.05, 0.1) is 31.6 Å². The summed E-state index contributed by atoms with van der Waals surface area (Å²) in [7, 11) is 1.37. The van der Waals surface area contributed by atoms with Crippen LogP contribution < -0.4 is 0 Å². The molecule has 0 bridgehead atoms. The molecule has 0 amide bonds. The van der Waals surface area contributed by atoms with Crippen molar-refractivity contribution in [1.82, 2.24) is 9.55 Å². The SMILES string of the molecule is COC(=O)C1CCCCC1OC(=O)c1cncn1[C@H](C)c1ccccc1. The Morgan fingerprint density at radius 1 is 1.19 bits per heavy atom. The number of hydrogen-bond acceptors (Lipinski definition) is 5. The van der Waals surface area contributed by atoms with Gasteiger partial charge in [0, 0.05) is 0 Å². The molecule has 2 aromatic rings. The van der Waals surface area contributed by atoms with Gasteiger partial charge in [0.15, 0.2) is 0 Å². The summed E-state index contributed by atoms with van der Waals surface area (Å²) < 4.78 is 12.4. The van der Waals surface area contributed by atoms with Crippen molar-refractivity contribution in [3.05, 3.63) is 54.1 Å². The van der Waals surface area contributed by atoms with Crippen molar-refractivity contribution in [2.45, 2.75) is 44.8 Å². The van der Waals surface area contributed by atoms with Gasteiger partial charge < -0.3 is 14.0 Å². The molecule has 6 nitrogen and oxygen atoms in total. The van der Waals surface area contributed by atoms with Gasteiger partial charge in [-0.1, -0.05) is 36.8 Å². The Hall–Kier alpha value is -2.63. The van der Waals surface area contributed by atoms with Crippen LogP contribution in [0.2, 0.25) is 0 Å². The van der Waals surface area contributed by atoms with E-state index in [9.17, 15) is 9.59 Å². The molecule has 2 unspecified atom stereocenters. The number of ether oxygens (including phenoxy) is 2. The first-order chi connectivity index (χ1) is 12.6. The second-order valence-electron chi connectivity index (χ2n) is 6.63. The largest absolute Gasteiger partial charge is 0.469 e. The van der Waals surface area contributed by atoms with E-state index < -0.39 is 12.1 Å². The number of aromatic nitrogens is 2. The van der Waals surface area contributed by atoms with E-state index in [4.69, 9.17) is 9.47 Å². The van der Waals surface area contributed by atoms with E-state index in [1.54, 1.807) is 10.9 Å². The number of carbonyl (C=O) groups excluding carboxylic acids is 2. The minimum absolute atomic E-state index is 0.0518. The lowest BCUT2D eigenvalue weighted by molar-refractivity contribution is -0.151. The molecule has 1 saturated carbocycles. The van der Waals surface area contributed by atoms with Crippen molar-refractivity contribution < 1.29 is 19.1 Å². The Labute approximate surface area is 153 Å². The first-order valence-electron chi connectivity index (χ1n) is 8.97. The first kappa shape index (κ1) is 18.2. The molecule has 3 atom stereocenters. The Kier molecular flexibility index (Phi) is 5.71. The van der Waals surface area contributed by atoms with Crippen LogP contribution in [0.15, 0.2) is 42.9 Å². The molecule has 1 aliphatic rings. The fourth-order valence-electron chi connectivity index (χ4n) is 3.52. The predicted molar refractivity (Wildman–Crippen MR) is 95.7 cm³/mol. The average Bonchev–Trinajstić information content (AvgIpc) is 3.18. The topological polar surface area (TPSA) is 70.4 Å². The molecular weight excluding hydrogens is 332 g/mol. The lowest BCUT2D eigenvalue weighted by Gasteiger charge is -2.29. The highest BCUT2D eigenvalue weighted by Gasteiger charge is 2.35. The zero-order chi connectivity index (χ0) is 18.5. The van der Waals surface area contributed by atoms with E-state index >= 15 is 0 Å². The fraction of sp³-hybridized carbons (Fsp3) is 0.450. The second-order valence-corrected chi connectivity index (χ2v) is 6.63. The van der Waals surface area contributed by atoms with Crippen LogP contribution in [0, 0.1) is 5.92 Å². The molecule has 0 saturated heterocycles. The normalized spacial score (nSPS) is 21.0. The van der Waals surface area contributed by atoms with Crippen LogP contribution in [-0.2, 0) is 14.3 Å². The molecule has 1 heterocycles. The zero-order valence-electron chi connectivity index (χ0n) is 15.1. The molecule has 0 spiro atoms. The molecule has 26 heavy (non-hydrogen) atoms. The van der Waals surface area contributed by atoms with Crippen molar-refractivity contribution >= 4 is 11.9 Å². The van der Waals surface area contributed by atoms with Gasteiger partial charge in [-0.3, -0.25) is 4.79 Å². The van der Waals surface area contributed by atoms with Gasteiger partial charge in [0.2, 0.25) is 0 Å². The number of imidazole rings is 1. The summed E-state index contributed by atoms with van der Waals surface area (Å²) >= 11 is 0. The van der Waals surface area contributed by atoms with Gasteiger partial charge >= 0.3 is 11.9 Å². The Bertz CT molecular complexity index is 756. The average molecular weight is 356 g/mol. The Morgan fingerprint density at radius 3 is 2.65 bits per heavy atom. The standard InChI is InChI=1S/C20H24N2O4/c1-14(15-8-4-3-5-9-15)22-13-21-12-17(22)20(24)26-18-11-7-6-10-16(18)19(23)25-2/h3-5,8-9,12-14,16,18H,6-7,10-11H2,1-2H3/t14-,16?,18?/m1/s1. The van der Waals surface area contributed by atoms with E-state index in [0.29, 0.717) is 18.5 Å². The summed E-state index contributed by atoms with van der Waals surface area (Å²) in [5.41, 5.74) is 1.46. The summed E-state index contributed by atoms with van der Waals surface area (Å²) in [6.45, 7) is 2.01. The molecule has 0 radical (unpaired) electrons. The molecule has 0 N–H and O–H groups in total. The van der Waals surface area contributed by atoms with Crippen molar-refractivity contribution in [3.63, 3.8) is 0 Å². The van der Waals surface area contributed by atoms with E-state index in [2.05, 4.69) is 4.98 Å². The van der Waals surface area contributed by atoms with Crippen LogP contribution in [0.3, 0.4) is 0 Å².